The van der Waals surface area contributed by atoms with Crippen LogP contribution in [0.15, 0.2) is 24.3 Å². The van der Waals surface area contributed by atoms with Gasteiger partial charge in [0.05, 0.1) is 7.11 Å². The lowest BCUT2D eigenvalue weighted by atomic mass is 9.85. The van der Waals surface area contributed by atoms with E-state index in [1.165, 1.54) is 4.90 Å². The van der Waals surface area contributed by atoms with Gasteiger partial charge in [-0.25, -0.2) is 4.79 Å². The molecule has 2 fully saturated rings. The molecule has 0 aromatic heterocycles. The van der Waals surface area contributed by atoms with Gasteiger partial charge in [-0.15, -0.1) is 0 Å². The highest BCUT2D eigenvalue weighted by atomic mass is 16.5. The van der Waals surface area contributed by atoms with Crippen LogP contribution in [0, 0.1) is 5.92 Å². The minimum Gasteiger partial charge on any atom is -0.497 e. The van der Waals surface area contributed by atoms with Gasteiger partial charge in [-0.05, 0) is 56.2 Å². The summed E-state index contributed by atoms with van der Waals surface area (Å²) in [5, 5.41) is 0. The van der Waals surface area contributed by atoms with Crippen LogP contribution >= 0.6 is 0 Å². The molecule has 1 aromatic carbocycles. The summed E-state index contributed by atoms with van der Waals surface area (Å²) in [6, 6.07) is 8.35. The molecule has 0 bridgehead atoms. The number of hydrogen-bond acceptors (Lipinski definition) is 4. The van der Waals surface area contributed by atoms with Crippen LogP contribution < -0.4 is 4.74 Å². The summed E-state index contributed by atoms with van der Waals surface area (Å²) in [6.45, 7) is 11.3. The third-order valence-electron chi connectivity index (χ3n) is 6.79. The van der Waals surface area contributed by atoms with Crippen molar-refractivity contribution in [1.82, 2.24) is 14.7 Å². The van der Waals surface area contributed by atoms with Crippen LogP contribution in [0.1, 0.15) is 52.5 Å². The van der Waals surface area contributed by atoms with E-state index in [1.807, 2.05) is 29.2 Å². The first-order chi connectivity index (χ1) is 14.3. The fraction of sp³-hybridized carbons (Fsp3) is 0.667. The van der Waals surface area contributed by atoms with Gasteiger partial charge in [0.25, 0.3) is 5.91 Å². The number of carbonyl (C=O) groups excluding carboxylic acids is 2. The fourth-order valence-electron chi connectivity index (χ4n) is 4.73. The maximum atomic E-state index is 13.5. The minimum atomic E-state index is -0.678. The lowest BCUT2D eigenvalue weighted by Gasteiger charge is -2.44. The highest BCUT2D eigenvalue weighted by Crippen LogP contribution is 2.38. The van der Waals surface area contributed by atoms with Gasteiger partial charge in [0, 0.05) is 32.2 Å². The zero-order valence-corrected chi connectivity index (χ0v) is 19.2. The number of benzene rings is 1. The van der Waals surface area contributed by atoms with E-state index in [-0.39, 0.29) is 17.9 Å². The molecule has 0 saturated carbocycles. The van der Waals surface area contributed by atoms with E-state index in [2.05, 4.69) is 32.6 Å². The normalized spacial score (nSPS) is 20.5. The average molecular weight is 416 g/mol. The summed E-state index contributed by atoms with van der Waals surface area (Å²) >= 11 is 0. The molecular weight excluding hydrogens is 378 g/mol. The van der Waals surface area contributed by atoms with Crippen molar-refractivity contribution in [3.63, 3.8) is 0 Å². The van der Waals surface area contributed by atoms with Crippen molar-refractivity contribution in [3.05, 3.63) is 29.8 Å². The predicted molar refractivity (Wildman–Crippen MR) is 119 cm³/mol. The Morgan fingerprint density at radius 1 is 1.07 bits per heavy atom. The maximum absolute atomic E-state index is 13.5. The molecule has 3 rings (SSSR count). The Morgan fingerprint density at radius 3 is 2.23 bits per heavy atom. The second-order valence-corrected chi connectivity index (χ2v) is 9.17. The summed E-state index contributed by atoms with van der Waals surface area (Å²) in [4.78, 5) is 32.7. The summed E-state index contributed by atoms with van der Waals surface area (Å²) in [5.41, 5.74) is 0.466. The first-order valence-electron chi connectivity index (χ1n) is 11.3. The van der Waals surface area contributed by atoms with E-state index >= 15 is 0 Å². The van der Waals surface area contributed by atoms with E-state index in [4.69, 9.17) is 4.74 Å². The lowest BCUT2D eigenvalue weighted by Crippen LogP contribution is -2.58. The molecule has 6 nitrogen and oxygen atoms in total. The van der Waals surface area contributed by atoms with Crippen LogP contribution in [0.2, 0.25) is 0 Å². The Balaban J connectivity index is 1.79. The number of piperidine rings is 1. The number of ether oxygens (including phenoxy) is 1. The highest BCUT2D eigenvalue weighted by Gasteiger charge is 2.57. The highest BCUT2D eigenvalue weighted by molar-refractivity contribution is 6.07. The third kappa shape index (κ3) is 4.34. The van der Waals surface area contributed by atoms with Crippen LogP contribution in [0.3, 0.4) is 0 Å². The quantitative estimate of drug-likeness (QED) is 0.606. The topological polar surface area (TPSA) is 53.1 Å². The van der Waals surface area contributed by atoms with Gasteiger partial charge < -0.3 is 14.5 Å². The van der Waals surface area contributed by atoms with Crippen LogP contribution in [-0.4, -0.2) is 71.5 Å². The predicted octanol–water partition coefficient (Wildman–Crippen LogP) is 3.79. The number of carbonyl (C=O) groups is 2. The molecule has 30 heavy (non-hydrogen) atoms. The monoisotopic (exact) mass is 415 g/mol. The molecule has 1 atom stereocenters. The van der Waals surface area contributed by atoms with Crippen molar-refractivity contribution in [3.8, 4) is 5.75 Å². The average Bonchev–Trinajstić information content (AvgIpc) is 2.93. The number of hydrogen-bond donors (Lipinski definition) is 0. The molecule has 2 heterocycles. The van der Waals surface area contributed by atoms with Crippen molar-refractivity contribution >= 4 is 11.9 Å². The molecule has 2 aliphatic heterocycles. The Hall–Kier alpha value is -2.08. The fourth-order valence-corrected chi connectivity index (χ4v) is 4.73. The summed E-state index contributed by atoms with van der Waals surface area (Å²) < 4.78 is 5.24. The van der Waals surface area contributed by atoms with Gasteiger partial charge in [-0.3, -0.25) is 9.69 Å². The molecule has 0 N–H and O–H groups in total. The second kappa shape index (κ2) is 9.38. The van der Waals surface area contributed by atoms with Gasteiger partial charge in [0.2, 0.25) is 0 Å². The van der Waals surface area contributed by atoms with Crippen LogP contribution in [0.5, 0.6) is 5.75 Å². The number of imide groups is 1. The van der Waals surface area contributed by atoms with E-state index in [1.54, 1.807) is 7.11 Å². The van der Waals surface area contributed by atoms with Crippen LogP contribution in [0.4, 0.5) is 4.79 Å². The van der Waals surface area contributed by atoms with Gasteiger partial charge >= 0.3 is 6.03 Å². The Morgan fingerprint density at radius 2 is 1.70 bits per heavy atom. The number of amides is 3. The standard InChI is InChI=1S/C24H37N3O3/c1-6-19(4)25-15-12-24(13-16-25)22(28)26(17-18(2)3)23(29)27(24)14-11-20-7-9-21(30-5)10-8-20/h7-10,18-19H,6,11-17H2,1-5H3. The molecule has 6 heteroatoms. The Labute approximate surface area is 181 Å². The zero-order chi connectivity index (χ0) is 21.9. The summed E-state index contributed by atoms with van der Waals surface area (Å²) in [5.74, 6) is 1.10. The maximum Gasteiger partial charge on any atom is 0.327 e. The number of urea groups is 1. The molecule has 1 aromatic rings. The molecule has 166 valence electrons. The largest absolute Gasteiger partial charge is 0.497 e. The van der Waals surface area contributed by atoms with E-state index in [0.717, 1.165) is 50.1 Å². The van der Waals surface area contributed by atoms with Gasteiger partial charge in [-0.1, -0.05) is 32.9 Å². The number of likely N-dealkylation sites (tertiary alicyclic amines) is 1. The molecule has 1 spiro atoms. The minimum absolute atomic E-state index is 0.0136. The van der Waals surface area contributed by atoms with Crippen molar-refractivity contribution in [1.29, 1.82) is 0 Å². The summed E-state index contributed by atoms with van der Waals surface area (Å²) in [6.07, 6.45) is 3.27. The second-order valence-electron chi connectivity index (χ2n) is 9.17. The number of rotatable bonds is 8. The molecule has 0 radical (unpaired) electrons. The van der Waals surface area contributed by atoms with Crippen LogP contribution in [0.25, 0.3) is 0 Å². The Bertz CT molecular complexity index is 739. The first-order valence-corrected chi connectivity index (χ1v) is 11.3. The number of nitrogens with zero attached hydrogens (tertiary/aromatic N) is 3. The van der Waals surface area contributed by atoms with Crippen molar-refractivity contribution in [2.45, 2.75) is 65.0 Å². The van der Waals surface area contributed by atoms with Gasteiger partial charge in [0.1, 0.15) is 11.3 Å². The molecule has 2 saturated heterocycles. The summed E-state index contributed by atoms with van der Waals surface area (Å²) in [7, 11) is 1.66. The molecule has 3 amide bonds. The van der Waals surface area contributed by atoms with Crippen molar-refractivity contribution < 1.29 is 14.3 Å². The third-order valence-corrected chi connectivity index (χ3v) is 6.79. The lowest BCUT2D eigenvalue weighted by molar-refractivity contribution is -0.136. The van der Waals surface area contributed by atoms with Crippen LogP contribution in [-0.2, 0) is 11.2 Å². The smallest absolute Gasteiger partial charge is 0.327 e. The van der Waals surface area contributed by atoms with Gasteiger partial charge in [0.15, 0.2) is 0 Å². The van der Waals surface area contributed by atoms with E-state index < -0.39 is 5.54 Å². The van der Waals surface area contributed by atoms with E-state index in [0.29, 0.717) is 19.1 Å². The van der Waals surface area contributed by atoms with E-state index in [9.17, 15) is 9.59 Å². The van der Waals surface area contributed by atoms with Crippen molar-refractivity contribution in [2.24, 2.45) is 5.92 Å². The number of methoxy groups -OCH3 is 1. The first kappa shape index (κ1) is 22.6. The molecule has 2 aliphatic rings. The molecule has 1 unspecified atom stereocenters. The molecular formula is C24H37N3O3. The zero-order valence-electron chi connectivity index (χ0n) is 19.2. The van der Waals surface area contributed by atoms with Gasteiger partial charge in [-0.2, -0.15) is 0 Å². The molecule has 0 aliphatic carbocycles. The van der Waals surface area contributed by atoms with Crippen molar-refractivity contribution in [2.75, 3.05) is 33.3 Å². The SMILES string of the molecule is CCC(C)N1CCC2(CC1)C(=O)N(CC(C)C)C(=O)N2CCc1ccc(OC)cc1. The Kier molecular flexibility index (Phi) is 7.06.